The molecule has 3 aromatic rings. The minimum atomic E-state index is -0.359. The Morgan fingerprint density at radius 3 is 2.53 bits per heavy atom. The average Bonchev–Trinajstić information content (AvgIpc) is 3.04. The zero-order chi connectivity index (χ0) is 20.9. The van der Waals surface area contributed by atoms with Gasteiger partial charge in [-0.05, 0) is 30.2 Å². The van der Waals surface area contributed by atoms with Crippen molar-refractivity contribution in [1.82, 2.24) is 20.2 Å². The van der Waals surface area contributed by atoms with Gasteiger partial charge >= 0.3 is 6.03 Å². The van der Waals surface area contributed by atoms with E-state index in [1.165, 1.54) is 0 Å². The molecule has 0 radical (unpaired) electrons. The standard InChI is InChI=1S/C23H26N4O3/c1-16(18-9-10-19-20(15-18)30-14-6-13-29-19)25-23(28)26-21(17-7-4-3-5-8-17)22-24-11-12-27(22)2/h3-5,7-12,15-16,21H,6,13-14H2,1-2H3,(H2,25,26,28). The van der Waals surface area contributed by atoms with Gasteiger partial charge in [0.1, 0.15) is 11.9 Å². The molecule has 2 heterocycles. The Bertz CT molecular complexity index is 1000. The fourth-order valence-corrected chi connectivity index (χ4v) is 3.50. The first-order valence-electron chi connectivity index (χ1n) is 10.1. The lowest BCUT2D eigenvalue weighted by molar-refractivity contribution is 0.235. The SMILES string of the molecule is CC(NC(=O)NC(c1ccccc1)c1nccn1C)c1ccc2c(c1)OCCCO2. The first-order valence-corrected chi connectivity index (χ1v) is 10.1. The third kappa shape index (κ3) is 4.40. The first kappa shape index (κ1) is 19.8. The van der Waals surface area contributed by atoms with Gasteiger partial charge in [-0.2, -0.15) is 0 Å². The Morgan fingerprint density at radius 2 is 1.80 bits per heavy atom. The van der Waals surface area contributed by atoms with Crippen LogP contribution in [0.1, 0.15) is 42.4 Å². The number of amides is 2. The average molecular weight is 406 g/mol. The molecule has 1 aliphatic heterocycles. The zero-order valence-electron chi connectivity index (χ0n) is 17.2. The van der Waals surface area contributed by atoms with E-state index in [9.17, 15) is 4.79 Å². The number of nitrogens with zero attached hydrogens (tertiary/aromatic N) is 2. The summed E-state index contributed by atoms with van der Waals surface area (Å²) < 4.78 is 13.4. The van der Waals surface area contributed by atoms with Crippen LogP contribution in [0.5, 0.6) is 11.5 Å². The van der Waals surface area contributed by atoms with E-state index in [1.54, 1.807) is 6.20 Å². The molecule has 0 aliphatic carbocycles. The van der Waals surface area contributed by atoms with Crippen molar-refractivity contribution in [2.45, 2.75) is 25.4 Å². The van der Waals surface area contributed by atoms with Gasteiger partial charge in [-0.15, -0.1) is 0 Å². The highest BCUT2D eigenvalue weighted by atomic mass is 16.5. The fourth-order valence-electron chi connectivity index (χ4n) is 3.50. The summed E-state index contributed by atoms with van der Waals surface area (Å²) in [6.07, 6.45) is 4.45. The molecule has 7 nitrogen and oxygen atoms in total. The number of benzene rings is 2. The number of rotatable bonds is 5. The van der Waals surface area contributed by atoms with Gasteiger partial charge in [-0.1, -0.05) is 36.4 Å². The predicted molar refractivity (Wildman–Crippen MR) is 114 cm³/mol. The molecule has 0 saturated carbocycles. The number of imidazole rings is 1. The van der Waals surface area contributed by atoms with Crippen LogP contribution >= 0.6 is 0 Å². The number of hydrogen-bond donors (Lipinski definition) is 2. The van der Waals surface area contributed by atoms with E-state index in [0.29, 0.717) is 19.0 Å². The zero-order valence-corrected chi connectivity index (χ0v) is 17.2. The number of nitrogens with one attached hydrogen (secondary N) is 2. The lowest BCUT2D eigenvalue weighted by atomic mass is 10.1. The van der Waals surface area contributed by atoms with Gasteiger partial charge in [0.15, 0.2) is 11.5 Å². The van der Waals surface area contributed by atoms with E-state index < -0.39 is 0 Å². The van der Waals surface area contributed by atoms with Crippen LogP contribution in [0, 0.1) is 0 Å². The van der Waals surface area contributed by atoms with Crippen LogP contribution < -0.4 is 20.1 Å². The Balaban J connectivity index is 1.48. The van der Waals surface area contributed by atoms with Gasteiger partial charge in [-0.3, -0.25) is 0 Å². The van der Waals surface area contributed by atoms with E-state index in [4.69, 9.17) is 9.47 Å². The highest BCUT2D eigenvalue weighted by Gasteiger charge is 2.22. The number of carbonyl (C=O) groups is 1. The third-order valence-electron chi connectivity index (χ3n) is 5.14. The van der Waals surface area contributed by atoms with Gasteiger partial charge in [-0.25, -0.2) is 9.78 Å². The van der Waals surface area contributed by atoms with E-state index in [1.807, 2.05) is 73.3 Å². The topological polar surface area (TPSA) is 77.4 Å². The van der Waals surface area contributed by atoms with Crippen molar-refractivity contribution in [3.05, 3.63) is 77.9 Å². The molecule has 4 rings (SSSR count). The maximum absolute atomic E-state index is 12.8. The normalized spacial score (nSPS) is 15.0. The van der Waals surface area contributed by atoms with Gasteiger partial charge in [0, 0.05) is 25.9 Å². The molecule has 0 fully saturated rings. The number of hydrogen-bond acceptors (Lipinski definition) is 4. The van der Waals surface area contributed by atoms with Crippen LogP contribution in [0.15, 0.2) is 60.9 Å². The van der Waals surface area contributed by atoms with Gasteiger partial charge in [0.05, 0.1) is 19.3 Å². The maximum Gasteiger partial charge on any atom is 0.316 e. The predicted octanol–water partition coefficient (Wildman–Crippen LogP) is 3.73. The summed E-state index contributed by atoms with van der Waals surface area (Å²) in [5.41, 5.74) is 1.91. The van der Waals surface area contributed by atoms with Crippen LogP contribution in [0.3, 0.4) is 0 Å². The molecule has 0 bridgehead atoms. The second-order valence-electron chi connectivity index (χ2n) is 7.34. The summed E-state index contributed by atoms with van der Waals surface area (Å²) in [5.74, 6) is 2.22. The summed E-state index contributed by atoms with van der Waals surface area (Å²) >= 11 is 0. The molecule has 7 heteroatoms. The minimum Gasteiger partial charge on any atom is -0.490 e. The van der Waals surface area contributed by atoms with E-state index in [2.05, 4.69) is 15.6 Å². The molecular formula is C23H26N4O3. The van der Waals surface area contributed by atoms with E-state index in [-0.39, 0.29) is 18.1 Å². The molecular weight excluding hydrogens is 380 g/mol. The molecule has 0 spiro atoms. The molecule has 2 unspecified atom stereocenters. The molecule has 156 valence electrons. The van der Waals surface area contributed by atoms with Crippen LogP contribution in [0.25, 0.3) is 0 Å². The summed E-state index contributed by atoms with van der Waals surface area (Å²) in [7, 11) is 1.91. The number of ether oxygens (including phenoxy) is 2. The second-order valence-corrected chi connectivity index (χ2v) is 7.34. The van der Waals surface area contributed by atoms with Crippen molar-refractivity contribution in [2.75, 3.05) is 13.2 Å². The minimum absolute atomic E-state index is 0.208. The second kappa shape index (κ2) is 8.90. The lowest BCUT2D eigenvalue weighted by Crippen LogP contribution is -2.40. The Hall–Kier alpha value is -3.48. The highest BCUT2D eigenvalue weighted by molar-refractivity contribution is 5.75. The highest BCUT2D eigenvalue weighted by Crippen LogP contribution is 2.32. The monoisotopic (exact) mass is 406 g/mol. The number of aromatic nitrogens is 2. The molecule has 30 heavy (non-hydrogen) atoms. The first-order chi connectivity index (χ1) is 14.6. The van der Waals surface area contributed by atoms with Crippen LogP contribution in [-0.2, 0) is 7.05 Å². The third-order valence-corrected chi connectivity index (χ3v) is 5.14. The number of urea groups is 1. The molecule has 0 saturated heterocycles. The number of aryl methyl sites for hydroxylation is 1. The van der Waals surface area contributed by atoms with Crippen molar-refractivity contribution in [1.29, 1.82) is 0 Å². The maximum atomic E-state index is 12.8. The van der Waals surface area contributed by atoms with Crippen LogP contribution in [0.4, 0.5) is 4.79 Å². The summed E-state index contributed by atoms with van der Waals surface area (Å²) in [5, 5.41) is 6.08. The van der Waals surface area contributed by atoms with Crippen molar-refractivity contribution in [3.63, 3.8) is 0 Å². The van der Waals surface area contributed by atoms with Crippen LogP contribution in [0.2, 0.25) is 0 Å². The lowest BCUT2D eigenvalue weighted by Gasteiger charge is -2.22. The van der Waals surface area contributed by atoms with Crippen molar-refractivity contribution < 1.29 is 14.3 Å². The molecule has 2 N–H and O–H groups in total. The summed E-state index contributed by atoms with van der Waals surface area (Å²) in [6.45, 7) is 3.22. The Morgan fingerprint density at radius 1 is 1.03 bits per heavy atom. The van der Waals surface area contributed by atoms with E-state index >= 15 is 0 Å². The summed E-state index contributed by atoms with van der Waals surface area (Å²) in [4.78, 5) is 17.3. The molecule has 1 aliphatic rings. The van der Waals surface area contributed by atoms with Gasteiger partial charge < -0.3 is 24.7 Å². The smallest absolute Gasteiger partial charge is 0.316 e. The van der Waals surface area contributed by atoms with Crippen molar-refractivity contribution in [3.8, 4) is 11.5 Å². The largest absolute Gasteiger partial charge is 0.490 e. The Labute approximate surface area is 176 Å². The number of carbonyl (C=O) groups excluding carboxylic acids is 1. The quantitative estimate of drug-likeness (QED) is 0.677. The molecule has 2 amide bonds. The van der Waals surface area contributed by atoms with Gasteiger partial charge in [0.25, 0.3) is 0 Å². The molecule has 2 aromatic carbocycles. The van der Waals surface area contributed by atoms with Crippen molar-refractivity contribution >= 4 is 6.03 Å². The molecule has 1 aromatic heterocycles. The Kier molecular flexibility index (Phi) is 5.88. The summed E-state index contributed by atoms with van der Waals surface area (Å²) in [6, 6.07) is 14.7. The fraction of sp³-hybridized carbons (Fsp3) is 0.304. The number of fused-ring (bicyclic) bond motifs is 1. The van der Waals surface area contributed by atoms with E-state index in [0.717, 1.165) is 29.1 Å². The van der Waals surface area contributed by atoms with Gasteiger partial charge in [0.2, 0.25) is 0 Å². The molecule has 2 atom stereocenters. The van der Waals surface area contributed by atoms with Crippen LogP contribution in [-0.4, -0.2) is 28.8 Å². The van der Waals surface area contributed by atoms with Crippen molar-refractivity contribution in [2.24, 2.45) is 7.05 Å².